The predicted molar refractivity (Wildman–Crippen MR) is 127 cm³/mol. The summed E-state index contributed by atoms with van der Waals surface area (Å²) in [6.45, 7) is 0.178. The van der Waals surface area contributed by atoms with Crippen molar-refractivity contribution in [3.05, 3.63) is 88.4 Å². The van der Waals surface area contributed by atoms with Crippen LogP contribution in [0.5, 0.6) is 0 Å². The first-order valence-electron chi connectivity index (χ1n) is 9.87. The van der Waals surface area contributed by atoms with Gasteiger partial charge in [-0.05, 0) is 60.2 Å². The average Bonchev–Trinajstić information content (AvgIpc) is 3.05. The zero-order valence-corrected chi connectivity index (χ0v) is 18.6. The van der Waals surface area contributed by atoms with E-state index in [1.54, 1.807) is 60.7 Å². The molecule has 3 aromatic carbocycles. The van der Waals surface area contributed by atoms with E-state index in [9.17, 15) is 19.2 Å². The normalized spacial score (nSPS) is 12.5. The Labute approximate surface area is 199 Å². The molecule has 0 spiro atoms. The predicted octanol–water partition coefficient (Wildman–Crippen LogP) is 4.50. The van der Waals surface area contributed by atoms with Crippen molar-refractivity contribution in [1.82, 2.24) is 0 Å². The number of nitrogens with zero attached hydrogens (tertiary/aromatic N) is 1. The number of alkyl halides is 1. The number of halogens is 2. The van der Waals surface area contributed by atoms with Crippen LogP contribution in [0.25, 0.3) is 0 Å². The van der Waals surface area contributed by atoms with E-state index in [1.165, 1.54) is 11.0 Å². The third-order valence-electron chi connectivity index (χ3n) is 5.04. The Morgan fingerprint density at radius 2 is 1.52 bits per heavy atom. The third kappa shape index (κ3) is 4.89. The first-order valence-corrected chi connectivity index (χ1v) is 10.8. The highest BCUT2D eigenvalue weighted by atomic mass is 35.5. The van der Waals surface area contributed by atoms with Crippen LogP contribution in [0.1, 0.15) is 26.3 Å². The quantitative estimate of drug-likeness (QED) is 0.400. The number of amides is 3. The van der Waals surface area contributed by atoms with E-state index in [4.69, 9.17) is 23.2 Å². The van der Waals surface area contributed by atoms with Crippen molar-refractivity contribution in [2.75, 3.05) is 21.4 Å². The van der Waals surface area contributed by atoms with E-state index >= 15 is 0 Å². The van der Waals surface area contributed by atoms with Gasteiger partial charge >= 0.3 is 0 Å². The SMILES string of the molecule is O=C(CCl)Nc1ccc(CN2C(=O)C(=O)c3cc(NC(=O)c4ccc(Cl)cc4)ccc32)cc1. The number of fused-ring (bicyclic) bond motifs is 1. The molecule has 3 amide bonds. The molecule has 1 heterocycles. The lowest BCUT2D eigenvalue weighted by Crippen LogP contribution is -2.29. The minimum atomic E-state index is -0.648. The molecule has 0 radical (unpaired) electrons. The summed E-state index contributed by atoms with van der Waals surface area (Å²) in [6, 6.07) is 18.0. The summed E-state index contributed by atoms with van der Waals surface area (Å²) in [5.41, 5.74) is 2.85. The molecule has 2 N–H and O–H groups in total. The fourth-order valence-electron chi connectivity index (χ4n) is 3.41. The molecule has 0 bridgehead atoms. The van der Waals surface area contributed by atoms with E-state index in [0.29, 0.717) is 27.6 Å². The van der Waals surface area contributed by atoms with E-state index in [0.717, 1.165) is 5.56 Å². The smallest absolute Gasteiger partial charge is 0.299 e. The van der Waals surface area contributed by atoms with Crippen LogP contribution in [-0.2, 0) is 16.1 Å². The minimum absolute atomic E-state index is 0.148. The van der Waals surface area contributed by atoms with Crippen molar-refractivity contribution >= 4 is 63.8 Å². The number of benzene rings is 3. The zero-order valence-electron chi connectivity index (χ0n) is 17.1. The molecule has 0 saturated carbocycles. The molecule has 0 aromatic heterocycles. The van der Waals surface area contributed by atoms with Gasteiger partial charge in [0.15, 0.2) is 0 Å². The molecule has 0 atom stereocenters. The fraction of sp³-hybridized carbons (Fsp3) is 0.0833. The molecule has 9 heteroatoms. The van der Waals surface area contributed by atoms with Gasteiger partial charge in [-0.3, -0.25) is 19.2 Å². The Morgan fingerprint density at radius 1 is 0.848 bits per heavy atom. The van der Waals surface area contributed by atoms with Crippen molar-refractivity contribution in [3.8, 4) is 0 Å². The van der Waals surface area contributed by atoms with Crippen LogP contribution in [0.4, 0.5) is 17.1 Å². The van der Waals surface area contributed by atoms with Gasteiger partial charge < -0.3 is 15.5 Å². The van der Waals surface area contributed by atoms with Crippen LogP contribution in [-0.4, -0.2) is 29.4 Å². The molecule has 0 aliphatic carbocycles. The van der Waals surface area contributed by atoms with Crippen LogP contribution < -0.4 is 15.5 Å². The van der Waals surface area contributed by atoms with E-state index in [1.807, 2.05) is 0 Å². The van der Waals surface area contributed by atoms with Gasteiger partial charge in [-0.2, -0.15) is 0 Å². The molecule has 3 aromatic rings. The second-order valence-electron chi connectivity index (χ2n) is 7.29. The molecule has 33 heavy (non-hydrogen) atoms. The monoisotopic (exact) mass is 481 g/mol. The minimum Gasteiger partial charge on any atom is -0.325 e. The maximum absolute atomic E-state index is 12.6. The number of carbonyl (C=O) groups excluding carboxylic acids is 4. The summed E-state index contributed by atoms with van der Waals surface area (Å²) in [7, 11) is 0. The van der Waals surface area contributed by atoms with E-state index < -0.39 is 11.7 Å². The van der Waals surface area contributed by atoms with Crippen LogP contribution in [0, 0.1) is 0 Å². The fourth-order valence-corrected chi connectivity index (χ4v) is 3.60. The number of ketones is 1. The van der Waals surface area contributed by atoms with Crippen molar-refractivity contribution in [3.63, 3.8) is 0 Å². The summed E-state index contributed by atoms with van der Waals surface area (Å²) in [5, 5.41) is 5.88. The Morgan fingerprint density at radius 3 is 2.18 bits per heavy atom. The molecular weight excluding hydrogens is 465 g/mol. The number of anilines is 3. The Kier molecular flexibility index (Phi) is 6.44. The van der Waals surface area contributed by atoms with Gasteiger partial charge in [0.2, 0.25) is 5.91 Å². The van der Waals surface area contributed by atoms with E-state index in [2.05, 4.69) is 10.6 Å². The van der Waals surface area contributed by atoms with Crippen LogP contribution in [0.3, 0.4) is 0 Å². The summed E-state index contributed by atoms with van der Waals surface area (Å²) in [6.07, 6.45) is 0. The standard InChI is InChI=1S/C24H17Cl2N3O4/c25-12-21(30)27-17-7-1-14(2-8-17)13-29-20-10-9-18(11-19(20)22(31)24(29)33)28-23(32)15-3-5-16(26)6-4-15/h1-11H,12-13H2,(H,27,30)(H,28,32). The zero-order chi connectivity index (χ0) is 23.5. The molecule has 0 unspecified atom stereocenters. The third-order valence-corrected chi connectivity index (χ3v) is 5.53. The highest BCUT2D eigenvalue weighted by molar-refractivity contribution is 6.52. The highest BCUT2D eigenvalue weighted by Crippen LogP contribution is 2.33. The summed E-state index contributed by atoms with van der Waals surface area (Å²) in [5.74, 6) is -2.12. The number of hydrogen-bond acceptors (Lipinski definition) is 4. The van der Waals surface area contributed by atoms with Crippen molar-refractivity contribution < 1.29 is 19.2 Å². The first kappa shape index (κ1) is 22.5. The van der Waals surface area contributed by atoms with Crippen LogP contribution in [0.15, 0.2) is 66.7 Å². The molecule has 7 nitrogen and oxygen atoms in total. The molecule has 0 saturated heterocycles. The van der Waals surface area contributed by atoms with Gasteiger partial charge in [-0.15, -0.1) is 11.6 Å². The number of hydrogen-bond donors (Lipinski definition) is 2. The maximum atomic E-state index is 12.6. The molecule has 166 valence electrons. The lowest BCUT2D eigenvalue weighted by Gasteiger charge is -2.17. The highest BCUT2D eigenvalue weighted by Gasteiger charge is 2.36. The largest absolute Gasteiger partial charge is 0.325 e. The Balaban J connectivity index is 1.50. The average molecular weight is 482 g/mol. The summed E-state index contributed by atoms with van der Waals surface area (Å²) >= 11 is 11.3. The number of carbonyl (C=O) groups is 4. The number of rotatable bonds is 6. The molecule has 1 aliphatic heterocycles. The molecular formula is C24H17Cl2N3O4. The lowest BCUT2D eigenvalue weighted by atomic mass is 10.1. The van der Waals surface area contributed by atoms with Gasteiger partial charge in [0.25, 0.3) is 17.6 Å². The van der Waals surface area contributed by atoms with Crippen molar-refractivity contribution in [2.45, 2.75) is 6.54 Å². The van der Waals surface area contributed by atoms with Crippen LogP contribution in [0.2, 0.25) is 5.02 Å². The van der Waals surface area contributed by atoms with Gasteiger partial charge in [0.05, 0.1) is 17.8 Å². The second kappa shape index (κ2) is 9.44. The van der Waals surface area contributed by atoms with Gasteiger partial charge in [0, 0.05) is 22.0 Å². The van der Waals surface area contributed by atoms with Gasteiger partial charge in [0.1, 0.15) is 5.88 Å². The Bertz CT molecular complexity index is 1260. The first-order chi connectivity index (χ1) is 15.9. The maximum Gasteiger partial charge on any atom is 0.299 e. The van der Waals surface area contributed by atoms with Gasteiger partial charge in [-0.1, -0.05) is 23.7 Å². The molecule has 4 rings (SSSR count). The lowest BCUT2D eigenvalue weighted by molar-refractivity contribution is -0.114. The number of Topliss-reactive ketones (excluding diaryl/α,β-unsaturated/α-hetero) is 1. The molecule has 1 aliphatic rings. The van der Waals surface area contributed by atoms with Crippen molar-refractivity contribution in [1.29, 1.82) is 0 Å². The van der Waals surface area contributed by atoms with Crippen molar-refractivity contribution in [2.24, 2.45) is 0 Å². The summed E-state index contributed by atoms with van der Waals surface area (Å²) in [4.78, 5) is 50.4. The number of nitrogens with one attached hydrogen (secondary N) is 2. The Hall–Kier alpha value is -3.68. The molecule has 0 fully saturated rings. The summed E-state index contributed by atoms with van der Waals surface area (Å²) < 4.78 is 0. The topological polar surface area (TPSA) is 95.6 Å². The second-order valence-corrected chi connectivity index (χ2v) is 8.00. The van der Waals surface area contributed by atoms with E-state index in [-0.39, 0.29) is 29.8 Å². The van der Waals surface area contributed by atoms with Gasteiger partial charge in [-0.25, -0.2) is 0 Å². The van der Waals surface area contributed by atoms with Crippen LogP contribution >= 0.6 is 23.2 Å².